The van der Waals surface area contributed by atoms with E-state index in [4.69, 9.17) is 5.73 Å². The molecule has 0 bridgehead atoms. The highest BCUT2D eigenvalue weighted by Gasteiger charge is 2.18. The molecule has 108 valence electrons. The van der Waals surface area contributed by atoms with Crippen LogP contribution < -0.4 is 11.1 Å². The predicted molar refractivity (Wildman–Crippen MR) is 77.3 cm³/mol. The van der Waals surface area contributed by atoms with Crippen molar-refractivity contribution in [1.29, 1.82) is 0 Å². The lowest BCUT2D eigenvalue weighted by molar-refractivity contribution is -0.383. The maximum absolute atomic E-state index is 11.9. The Labute approximate surface area is 117 Å². The number of amides is 1. The Kier molecular flexibility index (Phi) is 4.55. The van der Waals surface area contributed by atoms with Crippen LogP contribution in [0, 0.1) is 16.0 Å². The summed E-state index contributed by atoms with van der Waals surface area (Å²) in [6, 6.07) is 4.32. The van der Waals surface area contributed by atoms with Gasteiger partial charge in [0.1, 0.15) is 5.69 Å². The van der Waals surface area contributed by atoms with Crippen LogP contribution in [-0.2, 0) is 4.79 Å². The van der Waals surface area contributed by atoms with Crippen LogP contribution in [0.25, 0.3) is 0 Å². The van der Waals surface area contributed by atoms with E-state index in [1.165, 1.54) is 31.4 Å². The quantitative estimate of drug-likeness (QED) is 0.502. The number of hydrogen-bond acceptors (Lipinski definition) is 4. The third-order valence-electron chi connectivity index (χ3n) is 3.71. The van der Waals surface area contributed by atoms with Gasteiger partial charge in [0.05, 0.1) is 4.92 Å². The van der Waals surface area contributed by atoms with E-state index < -0.39 is 4.92 Å². The number of nitro benzene ring substituents is 1. The van der Waals surface area contributed by atoms with Gasteiger partial charge in [0.2, 0.25) is 5.91 Å². The Morgan fingerprint density at radius 2 is 2.05 bits per heavy atom. The molecule has 0 aliphatic heterocycles. The van der Waals surface area contributed by atoms with Gasteiger partial charge in [-0.3, -0.25) is 14.9 Å². The fourth-order valence-corrected chi connectivity index (χ4v) is 2.65. The van der Waals surface area contributed by atoms with Gasteiger partial charge >= 0.3 is 0 Å². The molecular weight excluding hydrogens is 258 g/mol. The highest BCUT2D eigenvalue weighted by molar-refractivity contribution is 5.91. The van der Waals surface area contributed by atoms with Gasteiger partial charge in [0.25, 0.3) is 5.69 Å². The number of nitrogens with one attached hydrogen (secondary N) is 1. The molecule has 1 aliphatic carbocycles. The molecule has 6 nitrogen and oxygen atoms in total. The van der Waals surface area contributed by atoms with Crippen molar-refractivity contribution < 1.29 is 9.72 Å². The molecule has 1 aromatic carbocycles. The molecule has 1 saturated carbocycles. The van der Waals surface area contributed by atoms with Crippen LogP contribution in [0.4, 0.5) is 17.1 Å². The molecule has 0 heterocycles. The fraction of sp³-hybridized carbons (Fsp3) is 0.500. The number of carbonyl (C=O) groups is 1. The largest absolute Gasteiger partial charge is 0.393 e. The third kappa shape index (κ3) is 3.69. The van der Waals surface area contributed by atoms with Gasteiger partial charge in [-0.25, -0.2) is 0 Å². The molecule has 1 aromatic rings. The smallest absolute Gasteiger partial charge is 0.294 e. The van der Waals surface area contributed by atoms with Crippen LogP contribution in [0.1, 0.15) is 38.5 Å². The van der Waals surface area contributed by atoms with Gasteiger partial charge in [-0.1, -0.05) is 19.3 Å². The summed E-state index contributed by atoms with van der Waals surface area (Å²) in [4.78, 5) is 22.2. The molecule has 0 unspecified atom stereocenters. The van der Waals surface area contributed by atoms with Crippen LogP contribution in [-0.4, -0.2) is 10.8 Å². The number of nitrogen functional groups attached to an aromatic ring is 1. The topological polar surface area (TPSA) is 98.3 Å². The SMILES string of the molecule is Nc1ccc(NC(=O)CC2CCCCC2)cc1[N+](=O)[O-]. The van der Waals surface area contributed by atoms with E-state index in [-0.39, 0.29) is 17.3 Å². The van der Waals surface area contributed by atoms with Crippen LogP contribution in [0.15, 0.2) is 18.2 Å². The zero-order valence-electron chi connectivity index (χ0n) is 11.3. The van der Waals surface area contributed by atoms with E-state index in [9.17, 15) is 14.9 Å². The first kappa shape index (κ1) is 14.3. The number of carbonyl (C=O) groups excluding carboxylic acids is 1. The molecule has 20 heavy (non-hydrogen) atoms. The predicted octanol–water partition coefficient (Wildman–Crippen LogP) is 3.09. The molecular formula is C14H19N3O3. The zero-order chi connectivity index (χ0) is 14.5. The molecule has 0 radical (unpaired) electrons. The summed E-state index contributed by atoms with van der Waals surface area (Å²) in [7, 11) is 0. The van der Waals surface area contributed by atoms with Crippen molar-refractivity contribution in [2.45, 2.75) is 38.5 Å². The Bertz CT molecular complexity index is 510. The number of benzene rings is 1. The average molecular weight is 277 g/mol. The Hall–Kier alpha value is -2.11. The lowest BCUT2D eigenvalue weighted by atomic mass is 9.87. The summed E-state index contributed by atoms with van der Waals surface area (Å²) in [6.45, 7) is 0. The first-order valence-corrected chi connectivity index (χ1v) is 6.90. The van der Waals surface area contributed by atoms with E-state index in [0.29, 0.717) is 18.0 Å². The van der Waals surface area contributed by atoms with Crippen molar-refractivity contribution in [3.63, 3.8) is 0 Å². The van der Waals surface area contributed by atoms with Crippen molar-refractivity contribution in [2.24, 2.45) is 5.92 Å². The summed E-state index contributed by atoms with van der Waals surface area (Å²) in [6.07, 6.45) is 6.29. The summed E-state index contributed by atoms with van der Waals surface area (Å²) in [5.74, 6) is 0.350. The Morgan fingerprint density at radius 1 is 1.35 bits per heavy atom. The zero-order valence-corrected chi connectivity index (χ0v) is 11.3. The average Bonchev–Trinajstić information content (AvgIpc) is 2.41. The van der Waals surface area contributed by atoms with E-state index in [2.05, 4.69) is 5.32 Å². The van der Waals surface area contributed by atoms with Crippen molar-refractivity contribution in [3.8, 4) is 0 Å². The van der Waals surface area contributed by atoms with Gasteiger partial charge in [-0.2, -0.15) is 0 Å². The lowest BCUT2D eigenvalue weighted by Gasteiger charge is -2.20. The minimum atomic E-state index is -0.549. The summed E-state index contributed by atoms with van der Waals surface area (Å²) < 4.78 is 0. The molecule has 0 aromatic heterocycles. The minimum Gasteiger partial charge on any atom is -0.393 e. The number of hydrogen-bond donors (Lipinski definition) is 2. The molecule has 1 fully saturated rings. The molecule has 2 rings (SSSR count). The second kappa shape index (κ2) is 6.36. The van der Waals surface area contributed by atoms with Crippen LogP contribution in [0.5, 0.6) is 0 Å². The number of anilines is 2. The first-order valence-electron chi connectivity index (χ1n) is 6.90. The van der Waals surface area contributed by atoms with Crippen molar-refractivity contribution in [1.82, 2.24) is 0 Å². The normalized spacial score (nSPS) is 15.8. The minimum absolute atomic E-state index is 0.0871. The summed E-state index contributed by atoms with van der Waals surface area (Å²) >= 11 is 0. The van der Waals surface area contributed by atoms with Crippen LogP contribution >= 0.6 is 0 Å². The molecule has 1 aliphatic rings. The second-order valence-corrected chi connectivity index (χ2v) is 5.29. The molecule has 6 heteroatoms. The fourth-order valence-electron chi connectivity index (χ4n) is 2.65. The first-order chi connectivity index (χ1) is 9.56. The van der Waals surface area contributed by atoms with Crippen molar-refractivity contribution >= 4 is 23.0 Å². The van der Waals surface area contributed by atoms with Crippen LogP contribution in [0.2, 0.25) is 0 Å². The van der Waals surface area contributed by atoms with E-state index in [0.717, 1.165) is 12.8 Å². The monoisotopic (exact) mass is 277 g/mol. The molecule has 1 amide bonds. The highest BCUT2D eigenvalue weighted by atomic mass is 16.6. The summed E-state index contributed by atoms with van der Waals surface area (Å²) in [5.41, 5.74) is 5.86. The maximum atomic E-state index is 11.9. The number of nitrogens with zero attached hydrogens (tertiary/aromatic N) is 1. The number of nitro groups is 1. The van der Waals surface area contributed by atoms with E-state index in [1.54, 1.807) is 6.07 Å². The highest BCUT2D eigenvalue weighted by Crippen LogP contribution is 2.28. The third-order valence-corrected chi connectivity index (χ3v) is 3.71. The molecule has 3 N–H and O–H groups in total. The van der Waals surface area contributed by atoms with Crippen molar-refractivity contribution in [2.75, 3.05) is 11.1 Å². The summed E-state index contributed by atoms with van der Waals surface area (Å²) in [5, 5.41) is 13.5. The van der Waals surface area contributed by atoms with Crippen molar-refractivity contribution in [3.05, 3.63) is 28.3 Å². The maximum Gasteiger partial charge on any atom is 0.294 e. The van der Waals surface area contributed by atoms with Gasteiger partial charge in [-0.05, 0) is 30.9 Å². The van der Waals surface area contributed by atoms with Gasteiger partial charge < -0.3 is 11.1 Å². The van der Waals surface area contributed by atoms with Gasteiger partial charge in [-0.15, -0.1) is 0 Å². The lowest BCUT2D eigenvalue weighted by Crippen LogP contribution is -2.18. The number of nitrogens with two attached hydrogens (primary N) is 1. The standard InChI is InChI=1S/C14H19N3O3/c15-12-7-6-11(9-13(12)17(19)20)16-14(18)8-10-4-2-1-3-5-10/h6-7,9-10H,1-5,8,15H2,(H,16,18). The molecule has 0 spiro atoms. The molecule has 0 saturated heterocycles. The van der Waals surface area contributed by atoms with Gasteiger partial charge in [0.15, 0.2) is 0 Å². The van der Waals surface area contributed by atoms with E-state index >= 15 is 0 Å². The molecule has 0 atom stereocenters. The van der Waals surface area contributed by atoms with E-state index in [1.807, 2.05) is 0 Å². The van der Waals surface area contributed by atoms with Gasteiger partial charge in [0, 0.05) is 18.2 Å². The number of rotatable bonds is 4. The Balaban J connectivity index is 1.96. The Morgan fingerprint density at radius 3 is 2.70 bits per heavy atom. The van der Waals surface area contributed by atoms with Crippen LogP contribution in [0.3, 0.4) is 0 Å². The second-order valence-electron chi connectivity index (χ2n) is 5.29.